The highest BCUT2D eigenvalue weighted by Gasteiger charge is 2.05. The number of hydrogen-bond donors (Lipinski definition) is 0. The molecule has 6 nitrogen and oxygen atoms in total. The lowest BCUT2D eigenvalue weighted by Gasteiger charge is -1.98. The Hall–Kier alpha value is -2.37. The average molecular weight is 254 g/mol. The van der Waals surface area contributed by atoms with Crippen LogP contribution in [0.5, 0.6) is 0 Å². The van der Waals surface area contributed by atoms with Gasteiger partial charge in [-0.05, 0) is 12.2 Å². The van der Waals surface area contributed by atoms with Gasteiger partial charge in [0, 0.05) is 12.2 Å². The molecule has 0 saturated heterocycles. The van der Waals surface area contributed by atoms with Gasteiger partial charge in [0.15, 0.2) is 0 Å². The van der Waals surface area contributed by atoms with Crippen LogP contribution in [0.4, 0.5) is 0 Å². The number of carbonyl (C=O) groups excluding carboxylic acids is 3. The maximum atomic E-state index is 11.3. The minimum absolute atomic E-state index is 0.0862. The van der Waals surface area contributed by atoms with Gasteiger partial charge in [-0.15, -0.1) is 0 Å². The lowest BCUT2D eigenvalue weighted by atomic mass is 10.2. The van der Waals surface area contributed by atoms with Crippen LogP contribution in [-0.4, -0.2) is 39.2 Å². The number of methoxy groups -OCH3 is 3. The third-order valence-electron chi connectivity index (χ3n) is 1.73. The molecule has 0 aromatic rings. The Kier molecular flexibility index (Phi) is 7.59. The van der Waals surface area contributed by atoms with Crippen molar-refractivity contribution in [2.24, 2.45) is 0 Å². The second-order valence-corrected chi connectivity index (χ2v) is 2.85. The van der Waals surface area contributed by atoms with Gasteiger partial charge >= 0.3 is 17.9 Å². The van der Waals surface area contributed by atoms with Crippen LogP contribution >= 0.6 is 0 Å². The highest BCUT2D eigenvalue weighted by Crippen LogP contribution is 2.01. The van der Waals surface area contributed by atoms with Crippen molar-refractivity contribution in [2.45, 2.75) is 0 Å². The molecule has 0 fully saturated rings. The van der Waals surface area contributed by atoms with Crippen molar-refractivity contribution >= 4 is 17.9 Å². The molecule has 0 aromatic carbocycles. The van der Waals surface area contributed by atoms with E-state index >= 15 is 0 Å². The molecule has 0 bridgehead atoms. The van der Waals surface area contributed by atoms with E-state index in [0.717, 1.165) is 12.2 Å². The molecule has 0 aliphatic carbocycles. The summed E-state index contributed by atoms with van der Waals surface area (Å²) in [6, 6.07) is 0. The number of ether oxygens (including phenoxy) is 3. The molecule has 0 atom stereocenters. The summed E-state index contributed by atoms with van der Waals surface area (Å²) in [5.74, 6) is -1.82. The fraction of sp³-hybridized carbons (Fsp3) is 0.250. The molecule has 0 spiro atoms. The molecular formula is C12H14O6. The Balaban J connectivity index is 4.89. The Bertz CT molecular complexity index is 403. The highest BCUT2D eigenvalue weighted by molar-refractivity contribution is 5.94. The average Bonchev–Trinajstić information content (AvgIpc) is 2.40. The van der Waals surface area contributed by atoms with E-state index in [0.29, 0.717) is 0 Å². The molecule has 0 rings (SSSR count). The first-order chi connectivity index (χ1) is 8.54. The Labute approximate surface area is 105 Å². The summed E-state index contributed by atoms with van der Waals surface area (Å²) in [4.78, 5) is 33.0. The zero-order chi connectivity index (χ0) is 14.0. The van der Waals surface area contributed by atoms with E-state index in [1.54, 1.807) is 0 Å². The molecular weight excluding hydrogens is 240 g/mol. The summed E-state index contributed by atoms with van der Waals surface area (Å²) < 4.78 is 13.2. The van der Waals surface area contributed by atoms with E-state index in [2.05, 4.69) is 14.2 Å². The third-order valence-corrected chi connectivity index (χ3v) is 1.73. The van der Waals surface area contributed by atoms with Crippen molar-refractivity contribution in [2.75, 3.05) is 21.3 Å². The van der Waals surface area contributed by atoms with Crippen LogP contribution in [0.2, 0.25) is 0 Å². The highest BCUT2D eigenvalue weighted by atomic mass is 16.5. The minimum atomic E-state index is -0.648. The van der Waals surface area contributed by atoms with Crippen LogP contribution in [-0.2, 0) is 28.6 Å². The first-order valence-corrected chi connectivity index (χ1v) is 4.85. The van der Waals surface area contributed by atoms with Gasteiger partial charge in [0.1, 0.15) is 0 Å². The number of hydrogen-bond acceptors (Lipinski definition) is 6. The smallest absolute Gasteiger partial charge is 0.337 e. The van der Waals surface area contributed by atoms with Crippen molar-refractivity contribution in [3.8, 4) is 0 Å². The fourth-order valence-electron chi connectivity index (χ4n) is 0.834. The van der Waals surface area contributed by atoms with Gasteiger partial charge in [-0.3, -0.25) is 0 Å². The molecule has 0 aliphatic heterocycles. The molecule has 0 radical (unpaired) electrons. The van der Waals surface area contributed by atoms with Crippen molar-refractivity contribution in [3.63, 3.8) is 0 Å². The van der Waals surface area contributed by atoms with Crippen LogP contribution in [0.25, 0.3) is 0 Å². The zero-order valence-electron chi connectivity index (χ0n) is 10.3. The number of esters is 3. The Morgan fingerprint density at radius 1 is 0.778 bits per heavy atom. The standard InChI is InChI=1S/C12H14O6/c1-16-10(13)6-4-5-9(12(15)18-3)7-8-11(14)17-2/h4-8H,1-3H3. The van der Waals surface area contributed by atoms with E-state index in [4.69, 9.17) is 0 Å². The number of rotatable bonds is 5. The van der Waals surface area contributed by atoms with Crippen molar-refractivity contribution in [1.29, 1.82) is 0 Å². The molecule has 18 heavy (non-hydrogen) atoms. The Morgan fingerprint density at radius 3 is 1.83 bits per heavy atom. The predicted molar refractivity (Wildman–Crippen MR) is 62.4 cm³/mol. The van der Waals surface area contributed by atoms with Crippen LogP contribution in [0.15, 0.2) is 36.0 Å². The van der Waals surface area contributed by atoms with E-state index < -0.39 is 17.9 Å². The quantitative estimate of drug-likeness (QED) is 0.308. The minimum Gasteiger partial charge on any atom is -0.466 e. The second-order valence-electron chi connectivity index (χ2n) is 2.85. The van der Waals surface area contributed by atoms with Crippen molar-refractivity contribution in [1.82, 2.24) is 0 Å². The second kappa shape index (κ2) is 8.74. The Morgan fingerprint density at radius 2 is 1.33 bits per heavy atom. The fourth-order valence-corrected chi connectivity index (χ4v) is 0.834. The maximum absolute atomic E-state index is 11.3. The monoisotopic (exact) mass is 254 g/mol. The van der Waals surface area contributed by atoms with E-state index in [1.807, 2.05) is 0 Å². The van der Waals surface area contributed by atoms with Crippen molar-refractivity contribution < 1.29 is 28.6 Å². The summed E-state index contributed by atoms with van der Waals surface area (Å²) in [5, 5.41) is 0. The lowest BCUT2D eigenvalue weighted by molar-refractivity contribution is -0.136. The third kappa shape index (κ3) is 6.26. The van der Waals surface area contributed by atoms with Gasteiger partial charge in [0.25, 0.3) is 0 Å². The van der Waals surface area contributed by atoms with Gasteiger partial charge < -0.3 is 14.2 Å². The van der Waals surface area contributed by atoms with E-state index in [1.165, 1.54) is 39.6 Å². The summed E-state index contributed by atoms with van der Waals surface area (Å²) in [6.07, 6.45) is 6.02. The molecule has 0 aliphatic rings. The molecule has 98 valence electrons. The van der Waals surface area contributed by atoms with Gasteiger partial charge in [0.05, 0.1) is 26.9 Å². The first-order valence-electron chi connectivity index (χ1n) is 4.85. The summed E-state index contributed by atoms with van der Waals surface area (Å²) in [7, 11) is 3.65. The molecule has 0 amide bonds. The SMILES string of the molecule is COC(=O)C=CC=C(C=CC(=O)OC)C(=O)OC. The summed E-state index contributed by atoms with van der Waals surface area (Å²) in [6.45, 7) is 0. The molecule has 6 heteroatoms. The maximum Gasteiger partial charge on any atom is 0.337 e. The molecule has 0 aromatic heterocycles. The first kappa shape index (κ1) is 15.6. The van der Waals surface area contributed by atoms with Gasteiger partial charge in [0.2, 0.25) is 0 Å². The molecule has 0 heterocycles. The van der Waals surface area contributed by atoms with Crippen molar-refractivity contribution in [3.05, 3.63) is 36.0 Å². The number of carbonyl (C=O) groups is 3. The van der Waals surface area contributed by atoms with Gasteiger partial charge in [-0.1, -0.05) is 6.08 Å². The number of allylic oxidation sites excluding steroid dienone is 2. The van der Waals surface area contributed by atoms with Crippen LogP contribution in [0.3, 0.4) is 0 Å². The predicted octanol–water partition coefficient (Wildman–Crippen LogP) is 0.544. The van der Waals surface area contributed by atoms with E-state index in [-0.39, 0.29) is 5.57 Å². The largest absolute Gasteiger partial charge is 0.466 e. The van der Waals surface area contributed by atoms with Crippen LogP contribution < -0.4 is 0 Å². The van der Waals surface area contributed by atoms with Crippen LogP contribution in [0, 0.1) is 0 Å². The molecule has 0 unspecified atom stereocenters. The normalized spacial score (nSPS) is 11.6. The lowest BCUT2D eigenvalue weighted by Crippen LogP contribution is -2.03. The zero-order valence-corrected chi connectivity index (χ0v) is 10.3. The summed E-state index contributed by atoms with van der Waals surface area (Å²) >= 11 is 0. The topological polar surface area (TPSA) is 78.9 Å². The van der Waals surface area contributed by atoms with E-state index in [9.17, 15) is 14.4 Å². The van der Waals surface area contributed by atoms with Gasteiger partial charge in [-0.2, -0.15) is 0 Å². The summed E-state index contributed by atoms with van der Waals surface area (Å²) in [5.41, 5.74) is 0.0862. The molecule has 0 saturated carbocycles. The van der Waals surface area contributed by atoms with Crippen LogP contribution in [0.1, 0.15) is 0 Å². The van der Waals surface area contributed by atoms with Gasteiger partial charge in [-0.25, -0.2) is 14.4 Å². The molecule has 0 N–H and O–H groups in total.